The fraction of sp³-hybridized carbons (Fsp3) is 0.333. The third-order valence-electron chi connectivity index (χ3n) is 4.16. The number of halogens is 2. The molecule has 1 unspecified atom stereocenters. The first-order valence-electron chi connectivity index (χ1n) is 7.88. The van der Waals surface area contributed by atoms with Gasteiger partial charge in [-0.1, -0.05) is 31.2 Å². The van der Waals surface area contributed by atoms with E-state index in [1.807, 2.05) is 49.4 Å². The molecule has 1 saturated heterocycles. The van der Waals surface area contributed by atoms with Crippen LogP contribution < -0.4 is 15.4 Å². The minimum absolute atomic E-state index is 0. The van der Waals surface area contributed by atoms with Gasteiger partial charge >= 0.3 is 0 Å². The molecule has 25 heavy (non-hydrogen) atoms. The Hall–Kier alpha value is -1.82. The van der Waals surface area contributed by atoms with Gasteiger partial charge in [-0.05, 0) is 36.7 Å². The number of benzene rings is 1. The Morgan fingerprint density at radius 2 is 1.96 bits per heavy atom. The van der Waals surface area contributed by atoms with Crippen LogP contribution in [0.15, 0.2) is 48.7 Å². The molecule has 1 atom stereocenters. The lowest BCUT2D eigenvalue weighted by molar-refractivity contribution is -0.126. The number of nitrogens with zero attached hydrogens (tertiary/aromatic N) is 1. The molecule has 2 N–H and O–H groups in total. The molecule has 0 aliphatic carbocycles. The fourth-order valence-corrected chi connectivity index (χ4v) is 2.41. The Labute approximate surface area is 160 Å². The molecule has 0 spiro atoms. The van der Waals surface area contributed by atoms with Crippen LogP contribution >= 0.6 is 24.8 Å². The lowest BCUT2D eigenvalue weighted by Gasteiger charge is -2.31. The van der Waals surface area contributed by atoms with Crippen LogP contribution in [-0.2, 0) is 11.3 Å². The highest BCUT2D eigenvalue weighted by molar-refractivity contribution is 5.85. The molecule has 1 aromatic heterocycles. The first-order chi connectivity index (χ1) is 11.2. The van der Waals surface area contributed by atoms with Crippen LogP contribution in [-0.4, -0.2) is 24.0 Å². The summed E-state index contributed by atoms with van der Waals surface area (Å²) in [7, 11) is 0. The van der Waals surface area contributed by atoms with Crippen LogP contribution in [0.4, 0.5) is 0 Å². The Morgan fingerprint density at radius 1 is 1.24 bits per heavy atom. The summed E-state index contributed by atoms with van der Waals surface area (Å²) in [6.45, 7) is 4.33. The molecule has 2 heterocycles. The number of pyridine rings is 1. The third-order valence-corrected chi connectivity index (χ3v) is 4.16. The van der Waals surface area contributed by atoms with Gasteiger partial charge in [0.25, 0.3) is 0 Å². The molecular formula is C18H23Cl2N3O2. The summed E-state index contributed by atoms with van der Waals surface area (Å²) in [5, 5.41) is 6.16. The largest absolute Gasteiger partial charge is 0.439 e. The van der Waals surface area contributed by atoms with Gasteiger partial charge in [-0.25, -0.2) is 4.98 Å². The van der Waals surface area contributed by atoms with Gasteiger partial charge in [-0.15, -0.1) is 24.8 Å². The van der Waals surface area contributed by atoms with Crippen molar-refractivity contribution in [2.24, 2.45) is 11.8 Å². The first kappa shape index (κ1) is 21.2. The molecule has 1 aromatic carbocycles. The van der Waals surface area contributed by atoms with Crippen LogP contribution in [0.3, 0.4) is 0 Å². The van der Waals surface area contributed by atoms with Crippen molar-refractivity contribution < 1.29 is 9.53 Å². The molecule has 2 aromatic rings. The number of ether oxygens (including phenoxy) is 1. The van der Waals surface area contributed by atoms with Crippen molar-refractivity contribution in [1.29, 1.82) is 0 Å². The molecule has 0 saturated carbocycles. The summed E-state index contributed by atoms with van der Waals surface area (Å²) in [6.07, 6.45) is 1.73. The number of carbonyl (C=O) groups excluding carboxylic acids is 1. The predicted octanol–water partition coefficient (Wildman–Crippen LogP) is 3.19. The van der Waals surface area contributed by atoms with Gasteiger partial charge in [0.1, 0.15) is 5.75 Å². The van der Waals surface area contributed by atoms with E-state index in [2.05, 4.69) is 15.6 Å². The molecule has 136 valence electrons. The van der Waals surface area contributed by atoms with Crippen molar-refractivity contribution in [1.82, 2.24) is 15.6 Å². The summed E-state index contributed by atoms with van der Waals surface area (Å²) >= 11 is 0. The number of hydrogen-bond donors (Lipinski definition) is 2. The van der Waals surface area contributed by atoms with Gasteiger partial charge in [-0.3, -0.25) is 4.79 Å². The summed E-state index contributed by atoms with van der Waals surface area (Å²) in [5.41, 5.74) is 0.956. The van der Waals surface area contributed by atoms with Crippen molar-refractivity contribution in [3.63, 3.8) is 0 Å². The molecule has 7 heteroatoms. The highest BCUT2D eigenvalue weighted by Gasteiger charge is 2.28. The van der Waals surface area contributed by atoms with E-state index >= 15 is 0 Å². The third kappa shape index (κ3) is 5.88. The number of rotatable bonds is 6. The van der Waals surface area contributed by atoms with Crippen molar-refractivity contribution in [2.75, 3.05) is 13.1 Å². The molecule has 0 radical (unpaired) electrons. The monoisotopic (exact) mass is 383 g/mol. The van der Waals surface area contributed by atoms with Crippen LogP contribution in [0.2, 0.25) is 0 Å². The summed E-state index contributed by atoms with van der Waals surface area (Å²) in [4.78, 5) is 16.4. The van der Waals surface area contributed by atoms with Crippen LogP contribution in [0.1, 0.15) is 12.5 Å². The zero-order chi connectivity index (χ0) is 16.1. The second kappa shape index (κ2) is 10.2. The average molecular weight is 384 g/mol. The van der Waals surface area contributed by atoms with Gasteiger partial charge in [0.05, 0.1) is 0 Å². The predicted molar refractivity (Wildman–Crippen MR) is 103 cm³/mol. The van der Waals surface area contributed by atoms with E-state index in [0.29, 0.717) is 18.3 Å². The second-order valence-electron chi connectivity index (χ2n) is 5.84. The lowest BCUT2D eigenvalue weighted by atomic mass is 9.88. The van der Waals surface area contributed by atoms with Crippen molar-refractivity contribution in [2.45, 2.75) is 13.5 Å². The molecule has 5 nitrogen and oxygen atoms in total. The van der Waals surface area contributed by atoms with E-state index in [0.717, 1.165) is 24.4 Å². The van der Waals surface area contributed by atoms with Crippen molar-refractivity contribution >= 4 is 30.7 Å². The van der Waals surface area contributed by atoms with Gasteiger partial charge in [0.15, 0.2) is 0 Å². The smallest absolute Gasteiger partial charge is 0.223 e. The zero-order valence-electron chi connectivity index (χ0n) is 14.0. The summed E-state index contributed by atoms with van der Waals surface area (Å²) in [6, 6.07) is 13.3. The molecule has 1 aliphatic rings. The molecule has 1 fully saturated rings. The standard InChI is InChI=1S/C18H21N3O2.2ClH/c1-13(15-11-19-12-15)18(22)21-10-14-7-8-17(20-9-14)23-16-5-3-2-4-6-16;;/h2-9,13,15,19H,10-12H2,1H3,(H,21,22);2*1H. The maximum Gasteiger partial charge on any atom is 0.223 e. The van der Waals surface area contributed by atoms with E-state index in [1.165, 1.54) is 0 Å². The Bertz CT molecular complexity index is 649. The number of amides is 1. The fourth-order valence-electron chi connectivity index (χ4n) is 2.41. The van der Waals surface area contributed by atoms with E-state index < -0.39 is 0 Å². The maximum absolute atomic E-state index is 12.1. The van der Waals surface area contributed by atoms with E-state index in [9.17, 15) is 4.79 Å². The summed E-state index contributed by atoms with van der Waals surface area (Å²) in [5.74, 6) is 1.89. The zero-order valence-corrected chi connectivity index (χ0v) is 15.6. The Balaban J connectivity index is 0.00000156. The van der Waals surface area contributed by atoms with Crippen molar-refractivity contribution in [3.05, 3.63) is 54.2 Å². The normalized spacial score (nSPS) is 14.3. The van der Waals surface area contributed by atoms with Crippen molar-refractivity contribution in [3.8, 4) is 11.6 Å². The SMILES string of the molecule is CC(C(=O)NCc1ccc(Oc2ccccc2)nc1)C1CNC1.Cl.Cl. The first-order valence-corrected chi connectivity index (χ1v) is 7.88. The molecule has 1 aliphatic heterocycles. The highest BCUT2D eigenvalue weighted by atomic mass is 35.5. The minimum atomic E-state index is 0. The van der Waals surface area contributed by atoms with E-state index in [-0.39, 0.29) is 36.6 Å². The topological polar surface area (TPSA) is 63.2 Å². The second-order valence-corrected chi connectivity index (χ2v) is 5.84. The van der Waals surface area contributed by atoms with Gasteiger partial charge in [0, 0.05) is 24.7 Å². The van der Waals surface area contributed by atoms with Crippen LogP contribution in [0.25, 0.3) is 0 Å². The maximum atomic E-state index is 12.1. The van der Waals surface area contributed by atoms with E-state index in [1.54, 1.807) is 6.20 Å². The molecule has 1 amide bonds. The number of nitrogens with one attached hydrogen (secondary N) is 2. The molecular weight excluding hydrogens is 361 g/mol. The van der Waals surface area contributed by atoms with E-state index in [4.69, 9.17) is 4.74 Å². The molecule has 0 bridgehead atoms. The van der Waals surface area contributed by atoms with Gasteiger partial charge < -0.3 is 15.4 Å². The van der Waals surface area contributed by atoms with Crippen LogP contribution in [0, 0.1) is 11.8 Å². The summed E-state index contributed by atoms with van der Waals surface area (Å²) < 4.78 is 5.65. The number of aromatic nitrogens is 1. The number of hydrogen-bond acceptors (Lipinski definition) is 4. The Kier molecular flexibility index (Phi) is 8.69. The lowest BCUT2D eigenvalue weighted by Crippen LogP contribution is -2.49. The van der Waals surface area contributed by atoms with Gasteiger partial charge in [0.2, 0.25) is 11.8 Å². The molecule has 3 rings (SSSR count). The number of carbonyl (C=O) groups is 1. The number of para-hydroxylation sites is 1. The van der Waals surface area contributed by atoms with Crippen LogP contribution in [0.5, 0.6) is 11.6 Å². The quantitative estimate of drug-likeness (QED) is 0.803. The Morgan fingerprint density at radius 3 is 2.52 bits per heavy atom. The minimum Gasteiger partial charge on any atom is -0.439 e. The average Bonchev–Trinajstić information content (AvgIpc) is 2.53. The van der Waals surface area contributed by atoms with Gasteiger partial charge in [-0.2, -0.15) is 0 Å². The highest BCUT2D eigenvalue weighted by Crippen LogP contribution is 2.19.